The highest BCUT2D eigenvalue weighted by molar-refractivity contribution is 9.10. The van der Waals surface area contributed by atoms with E-state index in [0.717, 1.165) is 15.7 Å². The zero-order chi connectivity index (χ0) is 15.9. The van der Waals surface area contributed by atoms with Crippen molar-refractivity contribution in [3.05, 3.63) is 63.6 Å². The zero-order valence-electron chi connectivity index (χ0n) is 11.6. The van der Waals surface area contributed by atoms with Gasteiger partial charge in [0.1, 0.15) is 6.07 Å². The van der Waals surface area contributed by atoms with E-state index in [1.54, 1.807) is 29.2 Å². The Labute approximate surface area is 137 Å². The molecule has 0 N–H and O–H groups in total. The summed E-state index contributed by atoms with van der Waals surface area (Å²) in [6.45, 7) is 1.95. The minimum Gasteiger partial charge on any atom is -0.314 e. The van der Waals surface area contributed by atoms with Crippen molar-refractivity contribution in [3.63, 3.8) is 0 Å². The number of para-hydroxylation sites is 1. The van der Waals surface area contributed by atoms with Crippen molar-refractivity contribution in [2.24, 2.45) is 0 Å². The summed E-state index contributed by atoms with van der Waals surface area (Å²) in [7, 11) is -3.74. The summed E-state index contributed by atoms with van der Waals surface area (Å²) < 4.78 is 25.8. The molecular weight excluding hydrogens is 364 g/mol. The van der Waals surface area contributed by atoms with Gasteiger partial charge in [-0.3, -0.25) is 0 Å². The third-order valence-corrected chi connectivity index (χ3v) is 6.07. The first kappa shape index (κ1) is 14.8. The van der Waals surface area contributed by atoms with Gasteiger partial charge in [-0.15, -0.1) is 0 Å². The fourth-order valence-electron chi connectivity index (χ4n) is 2.34. The summed E-state index contributed by atoms with van der Waals surface area (Å²) >= 11 is 3.45. The number of nitriles is 1. The molecule has 1 aliphatic heterocycles. The van der Waals surface area contributed by atoms with Crippen LogP contribution in [0.15, 0.2) is 62.9 Å². The van der Waals surface area contributed by atoms with Crippen molar-refractivity contribution in [1.82, 2.24) is 0 Å². The van der Waals surface area contributed by atoms with Crippen molar-refractivity contribution in [1.29, 1.82) is 5.26 Å². The highest BCUT2D eigenvalue weighted by atomic mass is 79.9. The molecule has 0 unspecified atom stereocenters. The van der Waals surface area contributed by atoms with Gasteiger partial charge in [0.2, 0.25) is 9.84 Å². The number of anilines is 2. The first-order valence-corrected chi connectivity index (χ1v) is 8.74. The molecule has 0 bridgehead atoms. The topological polar surface area (TPSA) is 61.2 Å². The number of halogens is 1. The molecule has 22 heavy (non-hydrogen) atoms. The predicted molar refractivity (Wildman–Crippen MR) is 88.3 cm³/mol. The van der Waals surface area contributed by atoms with Crippen LogP contribution in [-0.2, 0) is 9.84 Å². The van der Waals surface area contributed by atoms with Crippen molar-refractivity contribution >= 4 is 37.1 Å². The van der Waals surface area contributed by atoms with Gasteiger partial charge >= 0.3 is 0 Å². The van der Waals surface area contributed by atoms with Crippen LogP contribution in [-0.4, -0.2) is 8.42 Å². The van der Waals surface area contributed by atoms with Crippen LogP contribution in [0.25, 0.3) is 0 Å². The standard InChI is InChI=1S/C16H11BrN2O2S/c1-11-8-12(6-7-14(11)17)19-10-13(9-18)22(20,21)16-5-3-2-4-15(16)19/h2-8,10H,1H3. The summed E-state index contributed by atoms with van der Waals surface area (Å²) in [5.74, 6) is 0. The number of aryl methyl sites for hydroxylation is 1. The Morgan fingerprint density at radius 3 is 2.59 bits per heavy atom. The lowest BCUT2D eigenvalue weighted by atomic mass is 10.2. The van der Waals surface area contributed by atoms with E-state index in [2.05, 4.69) is 15.9 Å². The highest BCUT2D eigenvalue weighted by Gasteiger charge is 2.31. The predicted octanol–water partition coefficient (Wildman–Crippen LogP) is 4.05. The Balaban J connectivity index is 2.28. The van der Waals surface area contributed by atoms with Crippen LogP contribution in [0.5, 0.6) is 0 Å². The second-order valence-electron chi connectivity index (χ2n) is 4.88. The summed E-state index contributed by atoms with van der Waals surface area (Å²) in [6, 6.07) is 14.2. The van der Waals surface area contributed by atoms with Crippen molar-refractivity contribution < 1.29 is 8.42 Å². The fourth-order valence-corrected chi connectivity index (χ4v) is 3.89. The van der Waals surface area contributed by atoms with Gasteiger partial charge in [-0.2, -0.15) is 5.26 Å². The average Bonchev–Trinajstić information content (AvgIpc) is 2.51. The lowest BCUT2D eigenvalue weighted by molar-refractivity contribution is 0.602. The molecule has 110 valence electrons. The minimum atomic E-state index is -3.74. The second-order valence-corrected chi connectivity index (χ2v) is 7.62. The molecule has 3 rings (SSSR count). The Kier molecular flexibility index (Phi) is 3.55. The molecule has 0 saturated carbocycles. The van der Waals surface area contributed by atoms with Crippen LogP contribution in [0.1, 0.15) is 5.56 Å². The molecule has 0 spiro atoms. The van der Waals surface area contributed by atoms with Gasteiger partial charge < -0.3 is 4.90 Å². The average molecular weight is 375 g/mol. The number of benzene rings is 2. The molecule has 0 atom stereocenters. The second kappa shape index (κ2) is 5.27. The molecular formula is C16H11BrN2O2S. The maximum Gasteiger partial charge on any atom is 0.220 e. The van der Waals surface area contributed by atoms with Gasteiger partial charge in [-0.1, -0.05) is 28.1 Å². The minimum absolute atomic E-state index is 0.148. The van der Waals surface area contributed by atoms with E-state index in [-0.39, 0.29) is 9.80 Å². The smallest absolute Gasteiger partial charge is 0.220 e. The van der Waals surface area contributed by atoms with E-state index in [4.69, 9.17) is 0 Å². The number of nitrogens with zero attached hydrogens (tertiary/aromatic N) is 2. The van der Waals surface area contributed by atoms with E-state index >= 15 is 0 Å². The number of rotatable bonds is 1. The van der Waals surface area contributed by atoms with E-state index in [0.29, 0.717) is 5.69 Å². The maximum atomic E-state index is 12.4. The fraction of sp³-hybridized carbons (Fsp3) is 0.0625. The summed E-state index contributed by atoms with van der Waals surface area (Å²) in [6.07, 6.45) is 1.38. The molecule has 0 fully saturated rings. The van der Waals surface area contributed by atoms with Crippen molar-refractivity contribution in [2.45, 2.75) is 11.8 Å². The number of hydrogen-bond acceptors (Lipinski definition) is 4. The molecule has 1 aliphatic rings. The molecule has 2 aromatic rings. The first-order valence-electron chi connectivity index (χ1n) is 6.46. The maximum absolute atomic E-state index is 12.4. The molecule has 0 aromatic heterocycles. The van der Waals surface area contributed by atoms with Crippen LogP contribution >= 0.6 is 15.9 Å². The Morgan fingerprint density at radius 1 is 1.18 bits per heavy atom. The number of allylic oxidation sites excluding steroid dienone is 1. The normalized spacial score (nSPS) is 15.7. The van der Waals surface area contributed by atoms with E-state index < -0.39 is 9.84 Å². The molecule has 2 aromatic carbocycles. The quantitative estimate of drug-likeness (QED) is 0.755. The lowest BCUT2D eigenvalue weighted by Gasteiger charge is -2.27. The first-order chi connectivity index (χ1) is 10.4. The van der Waals surface area contributed by atoms with Crippen molar-refractivity contribution in [2.75, 3.05) is 4.90 Å². The van der Waals surface area contributed by atoms with E-state index in [1.807, 2.05) is 25.1 Å². The van der Waals surface area contributed by atoms with Gasteiger partial charge in [-0.05, 0) is 42.8 Å². The number of hydrogen-bond donors (Lipinski definition) is 0. The molecule has 4 nitrogen and oxygen atoms in total. The number of fused-ring (bicyclic) bond motifs is 1. The van der Waals surface area contributed by atoms with Gasteiger partial charge in [0.25, 0.3) is 0 Å². The van der Waals surface area contributed by atoms with Gasteiger partial charge in [0.05, 0.1) is 10.6 Å². The third-order valence-electron chi connectivity index (χ3n) is 3.48. The summed E-state index contributed by atoms with van der Waals surface area (Å²) in [5.41, 5.74) is 2.37. The summed E-state index contributed by atoms with van der Waals surface area (Å²) in [4.78, 5) is 1.62. The van der Waals surface area contributed by atoms with Crippen LogP contribution < -0.4 is 4.90 Å². The molecule has 1 heterocycles. The zero-order valence-corrected chi connectivity index (χ0v) is 14.0. The third kappa shape index (κ3) is 2.23. The largest absolute Gasteiger partial charge is 0.314 e. The van der Waals surface area contributed by atoms with Crippen LogP contribution in [0.3, 0.4) is 0 Å². The monoisotopic (exact) mass is 374 g/mol. The van der Waals surface area contributed by atoms with Crippen LogP contribution in [0.2, 0.25) is 0 Å². The summed E-state index contributed by atoms with van der Waals surface area (Å²) in [5, 5.41) is 9.18. The number of sulfone groups is 1. The van der Waals surface area contributed by atoms with Crippen LogP contribution in [0.4, 0.5) is 11.4 Å². The Hall–Kier alpha value is -2.10. The highest BCUT2D eigenvalue weighted by Crippen LogP contribution is 2.39. The molecule has 0 saturated heterocycles. The van der Waals surface area contributed by atoms with Gasteiger partial charge in [0, 0.05) is 16.4 Å². The van der Waals surface area contributed by atoms with E-state index in [9.17, 15) is 13.7 Å². The Morgan fingerprint density at radius 2 is 1.91 bits per heavy atom. The van der Waals surface area contributed by atoms with Crippen molar-refractivity contribution in [3.8, 4) is 6.07 Å². The Bertz CT molecular complexity index is 943. The van der Waals surface area contributed by atoms with E-state index in [1.165, 1.54) is 12.3 Å². The molecule has 0 aliphatic carbocycles. The lowest BCUT2D eigenvalue weighted by Crippen LogP contribution is -2.21. The molecule has 0 radical (unpaired) electrons. The van der Waals surface area contributed by atoms with Crippen LogP contribution in [0, 0.1) is 18.3 Å². The van der Waals surface area contributed by atoms with Gasteiger partial charge in [0.15, 0.2) is 4.91 Å². The molecule has 0 amide bonds. The molecule has 6 heteroatoms. The van der Waals surface area contributed by atoms with Gasteiger partial charge in [-0.25, -0.2) is 8.42 Å². The SMILES string of the molecule is Cc1cc(N2C=C(C#N)S(=O)(=O)c3ccccc32)ccc1Br.